The van der Waals surface area contributed by atoms with Crippen LogP contribution in [0.3, 0.4) is 0 Å². The molecule has 1 aliphatic rings. The predicted molar refractivity (Wildman–Crippen MR) is 127 cm³/mol. The highest BCUT2D eigenvalue weighted by atomic mass is 19.1. The van der Waals surface area contributed by atoms with Crippen LogP contribution in [0.15, 0.2) is 48.5 Å². The average molecular weight is 500 g/mol. The van der Waals surface area contributed by atoms with E-state index in [0.717, 1.165) is 11.1 Å². The number of halogens is 4. The number of nitrogens with one attached hydrogen (secondary N) is 1. The Hall–Kier alpha value is -3.88. The van der Waals surface area contributed by atoms with Crippen molar-refractivity contribution in [2.75, 3.05) is 11.9 Å². The SMILES string of the molecule is CCc1cccc(F)c1CN1C(=O)N(C)C(C)c2ccc(C(=O)NCc3c(F)cc(F)cc3F)cc21. The van der Waals surface area contributed by atoms with Gasteiger partial charge < -0.3 is 10.2 Å². The summed E-state index contributed by atoms with van der Waals surface area (Å²) in [6.07, 6.45) is 0.577. The Balaban J connectivity index is 1.66. The molecule has 36 heavy (non-hydrogen) atoms. The van der Waals surface area contributed by atoms with Gasteiger partial charge in [0.25, 0.3) is 5.91 Å². The fourth-order valence-corrected chi connectivity index (χ4v) is 4.37. The molecule has 0 saturated heterocycles. The predicted octanol–water partition coefficient (Wildman–Crippen LogP) is 5.87. The van der Waals surface area contributed by atoms with Crippen LogP contribution >= 0.6 is 0 Å². The summed E-state index contributed by atoms with van der Waals surface area (Å²) < 4.78 is 55.8. The summed E-state index contributed by atoms with van der Waals surface area (Å²) in [6.45, 7) is 3.21. The van der Waals surface area contributed by atoms with Crippen molar-refractivity contribution in [3.05, 3.63) is 99.6 Å². The quantitative estimate of drug-likeness (QED) is 0.432. The van der Waals surface area contributed by atoms with Gasteiger partial charge in [0.15, 0.2) is 0 Å². The third-order valence-electron chi connectivity index (χ3n) is 6.59. The minimum absolute atomic E-state index is 0.0319. The molecule has 1 unspecified atom stereocenters. The lowest BCUT2D eigenvalue weighted by molar-refractivity contribution is 0.0950. The zero-order valence-electron chi connectivity index (χ0n) is 20.0. The fourth-order valence-electron chi connectivity index (χ4n) is 4.37. The van der Waals surface area contributed by atoms with Gasteiger partial charge in [-0.25, -0.2) is 22.4 Å². The monoisotopic (exact) mass is 499 g/mol. The maximum Gasteiger partial charge on any atom is 0.325 e. The summed E-state index contributed by atoms with van der Waals surface area (Å²) in [7, 11) is 1.65. The molecule has 0 aromatic heterocycles. The van der Waals surface area contributed by atoms with Crippen molar-refractivity contribution < 1.29 is 27.2 Å². The molecule has 1 heterocycles. The number of carbonyl (C=O) groups excluding carboxylic acids is 2. The molecule has 0 aliphatic carbocycles. The number of fused-ring (bicyclic) bond motifs is 1. The van der Waals surface area contributed by atoms with Crippen molar-refractivity contribution >= 4 is 17.6 Å². The fraction of sp³-hybridized carbons (Fsp3) is 0.259. The Morgan fingerprint density at radius 1 is 0.972 bits per heavy atom. The van der Waals surface area contributed by atoms with Crippen LogP contribution in [-0.2, 0) is 19.5 Å². The van der Waals surface area contributed by atoms with Gasteiger partial charge in [-0.15, -0.1) is 0 Å². The van der Waals surface area contributed by atoms with Gasteiger partial charge >= 0.3 is 6.03 Å². The molecule has 3 aromatic rings. The Kier molecular flexibility index (Phi) is 7.01. The molecule has 9 heteroatoms. The zero-order chi connectivity index (χ0) is 26.1. The molecule has 3 amide bonds. The Morgan fingerprint density at radius 2 is 1.67 bits per heavy atom. The lowest BCUT2D eigenvalue weighted by atomic mass is 9.97. The van der Waals surface area contributed by atoms with Gasteiger partial charge in [0, 0.05) is 42.4 Å². The minimum atomic E-state index is -1.11. The number of aryl methyl sites for hydroxylation is 1. The van der Waals surface area contributed by atoms with Crippen LogP contribution < -0.4 is 10.2 Å². The van der Waals surface area contributed by atoms with Gasteiger partial charge in [-0.2, -0.15) is 0 Å². The van der Waals surface area contributed by atoms with E-state index in [1.165, 1.54) is 21.9 Å². The smallest absolute Gasteiger partial charge is 0.325 e. The first-order chi connectivity index (χ1) is 17.1. The Bertz CT molecular complexity index is 1320. The molecule has 4 rings (SSSR count). The second-order valence-corrected chi connectivity index (χ2v) is 8.69. The summed E-state index contributed by atoms with van der Waals surface area (Å²) >= 11 is 0. The van der Waals surface area contributed by atoms with E-state index in [4.69, 9.17) is 0 Å². The number of amides is 3. The number of hydrogen-bond acceptors (Lipinski definition) is 2. The topological polar surface area (TPSA) is 52.7 Å². The highest BCUT2D eigenvalue weighted by Crippen LogP contribution is 2.37. The highest BCUT2D eigenvalue weighted by Gasteiger charge is 2.34. The molecule has 5 nitrogen and oxygen atoms in total. The lowest BCUT2D eigenvalue weighted by Gasteiger charge is -2.40. The first-order valence-electron chi connectivity index (χ1n) is 11.5. The number of nitrogens with zero attached hydrogens (tertiary/aromatic N) is 2. The van der Waals surface area contributed by atoms with Gasteiger partial charge in [-0.3, -0.25) is 9.69 Å². The maximum absolute atomic E-state index is 14.7. The van der Waals surface area contributed by atoms with Crippen LogP contribution in [0.25, 0.3) is 0 Å². The van der Waals surface area contributed by atoms with E-state index in [2.05, 4.69) is 5.32 Å². The van der Waals surface area contributed by atoms with E-state index in [9.17, 15) is 27.2 Å². The molecule has 1 N–H and O–H groups in total. The molecule has 0 spiro atoms. The molecule has 0 radical (unpaired) electrons. The summed E-state index contributed by atoms with van der Waals surface area (Å²) in [5.74, 6) is -4.34. The van der Waals surface area contributed by atoms with Gasteiger partial charge in [0.05, 0.1) is 18.3 Å². The van der Waals surface area contributed by atoms with Crippen molar-refractivity contribution in [1.82, 2.24) is 10.2 Å². The van der Waals surface area contributed by atoms with E-state index in [1.54, 1.807) is 31.3 Å². The molecule has 1 aliphatic heterocycles. The average Bonchev–Trinajstić information content (AvgIpc) is 2.84. The first-order valence-corrected chi connectivity index (χ1v) is 11.5. The number of carbonyl (C=O) groups is 2. The molecular weight excluding hydrogens is 474 g/mol. The molecule has 0 bridgehead atoms. The van der Waals surface area contributed by atoms with Gasteiger partial charge in [0.2, 0.25) is 0 Å². The molecule has 3 aromatic carbocycles. The molecule has 1 atom stereocenters. The summed E-state index contributed by atoms with van der Waals surface area (Å²) in [4.78, 5) is 29.0. The van der Waals surface area contributed by atoms with E-state index in [1.807, 2.05) is 13.8 Å². The second kappa shape index (κ2) is 10.0. The lowest BCUT2D eigenvalue weighted by Crippen LogP contribution is -2.47. The van der Waals surface area contributed by atoms with Crippen LogP contribution in [0, 0.1) is 23.3 Å². The standard InChI is InChI=1S/C27H25F4N3O2/c1-4-16-6-5-7-22(29)21(16)14-34-25-10-17(8-9-19(25)15(2)33(3)27(34)36)26(35)32-13-20-23(30)11-18(28)12-24(20)31/h5-12,15H,4,13-14H2,1-3H3,(H,32,35). The Labute approximate surface area is 206 Å². The van der Waals surface area contributed by atoms with Crippen LogP contribution in [0.4, 0.5) is 28.0 Å². The number of urea groups is 1. The summed E-state index contributed by atoms with van der Waals surface area (Å²) in [6, 6.07) is 9.95. The van der Waals surface area contributed by atoms with Crippen LogP contribution in [-0.4, -0.2) is 23.9 Å². The van der Waals surface area contributed by atoms with E-state index < -0.39 is 41.3 Å². The number of benzene rings is 3. The van der Waals surface area contributed by atoms with E-state index in [0.29, 0.717) is 29.8 Å². The van der Waals surface area contributed by atoms with Crippen molar-refractivity contribution in [2.45, 2.75) is 39.4 Å². The largest absolute Gasteiger partial charge is 0.348 e. The first kappa shape index (κ1) is 25.2. The van der Waals surface area contributed by atoms with Gasteiger partial charge in [-0.05, 0) is 42.7 Å². The zero-order valence-corrected chi connectivity index (χ0v) is 20.0. The summed E-state index contributed by atoms with van der Waals surface area (Å²) in [5.41, 5.74) is 2.04. The third-order valence-corrected chi connectivity index (χ3v) is 6.59. The highest BCUT2D eigenvalue weighted by molar-refractivity contribution is 5.99. The van der Waals surface area contributed by atoms with E-state index in [-0.39, 0.29) is 24.2 Å². The molecular formula is C27H25F4N3O2. The van der Waals surface area contributed by atoms with Crippen molar-refractivity contribution in [3.63, 3.8) is 0 Å². The van der Waals surface area contributed by atoms with Crippen LogP contribution in [0.5, 0.6) is 0 Å². The molecule has 0 fully saturated rings. The van der Waals surface area contributed by atoms with Gasteiger partial charge in [-0.1, -0.05) is 25.1 Å². The number of anilines is 1. The van der Waals surface area contributed by atoms with Crippen molar-refractivity contribution in [3.8, 4) is 0 Å². The summed E-state index contributed by atoms with van der Waals surface area (Å²) in [5, 5.41) is 2.43. The maximum atomic E-state index is 14.7. The second-order valence-electron chi connectivity index (χ2n) is 8.69. The normalized spacial score (nSPS) is 15.2. The number of hydrogen-bond donors (Lipinski definition) is 1. The third kappa shape index (κ3) is 4.65. The molecule has 0 saturated carbocycles. The van der Waals surface area contributed by atoms with E-state index >= 15 is 0 Å². The molecule has 188 valence electrons. The minimum Gasteiger partial charge on any atom is -0.348 e. The van der Waals surface area contributed by atoms with Crippen molar-refractivity contribution in [1.29, 1.82) is 0 Å². The van der Waals surface area contributed by atoms with Crippen LogP contribution in [0.2, 0.25) is 0 Å². The van der Waals surface area contributed by atoms with Gasteiger partial charge in [0.1, 0.15) is 23.3 Å². The Morgan fingerprint density at radius 3 is 2.33 bits per heavy atom. The van der Waals surface area contributed by atoms with Crippen LogP contribution in [0.1, 0.15) is 52.5 Å². The number of rotatable bonds is 6. The van der Waals surface area contributed by atoms with Crippen molar-refractivity contribution in [2.24, 2.45) is 0 Å².